The number of amides is 2. The fraction of sp³-hybridized carbons (Fsp3) is 0.400. The maximum absolute atomic E-state index is 11.7. The van der Waals surface area contributed by atoms with Crippen LogP contribution in [0, 0.1) is 0 Å². The molecule has 7 heteroatoms. The van der Waals surface area contributed by atoms with Crippen LogP contribution in [0.25, 0.3) is 0 Å². The zero-order valence-electron chi connectivity index (χ0n) is 9.76. The van der Waals surface area contributed by atoms with Crippen LogP contribution in [0.1, 0.15) is 0 Å². The van der Waals surface area contributed by atoms with E-state index in [1.807, 2.05) is 0 Å². The molecule has 0 atom stereocenters. The molecule has 7 nitrogen and oxygen atoms in total. The number of nitrogens with zero attached hydrogens (tertiary/aromatic N) is 1. The summed E-state index contributed by atoms with van der Waals surface area (Å²) in [6, 6.07) is -0.545. The molecule has 94 valence electrons. The van der Waals surface area contributed by atoms with E-state index in [9.17, 15) is 9.59 Å². The number of carbonyl (C=O) groups is 2. The van der Waals surface area contributed by atoms with E-state index in [4.69, 9.17) is 14.6 Å². The maximum Gasteiger partial charge on any atom is 0.339 e. The SMILES string of the molecule is CNC(=O)N1C=CC=C(C(=O)O)C1(OC)OC. The van der Waals surface area contributed by atoms with Crippen LogP contribution in [0.15, 0.2) is 23.9 Å². The first-order valence-electron chi connectivity index (χ1n) is 4.77. The zero-order chi connectivity index (χ0) is 13.1. The number of carbonyl (C=O) groups excluding carboxylic acids is 1. The molecule has 2 amide bonds. The Morgan fingerprint density at radius 2 is 2.00 bits per heavy atom. The molecule has 0 radical (unpaired) electrons. The molecule has 0 saturated heterocycles. The summed E-state index contributed by atoms with van der Waals surface area (Å²) in [5.41, 5.74) is -0.186. The lowest BCUT2D eigenvalue weighted by Gasteiger charge is -2.40. The molecule has 0 aromatic heterocycles. The molecule has 0 aromatic carbocycles. The van der Waals surface area contributed by atoms with E-state index < -0.39 is 17.9 Å². The molecule has 0 fully saturated rings. The first-order chi connectivity index (χ1) is 8.03. The van der Waals surface area contributed by atoms with E-state index in [1.165, 1.54) is 39.6 Å². The number of carboxylic acid groups (broad SMARTS) is 1. The molecule has 1 heterocycles. The third-order valence-electron chi connectivity index (χ3n) is 2.37. The summed E-state index contributed by atoms with van der Waals surface area (Å²) in [6.45, 7) is 0. The number of nitrogens with one attached hydrogen (secondary N) is 1. The summed E-state index contributed by atoms with van der Waals surface area (Å²) in [5, 5.41) is 11.5. The van der Waals surface area contributed by atoms with Gasteiger partial charge in [0.05, 0.1) is 0 Å². The van der Waals surface area contributed by atoms with E-state index in [-0.39, 0.29) is 5.57 Å². The van der Waals surface area contributed by atoms with Gasteiger partial charge in [-0.15, -0.1) is 0 Å². The Bertz CT molecular complexity index is 384. The third-order valence-corrected chi connectivity index (χ3v) is 2.37. The second-order valence-corrected chi connectivity index (χ2v) is 3.14. The highest BCUT2D eigenvalue weighted by atomic mass is 16.7. The lowest BCUT2D eigenvalue weighted by Crippen LogP contribution is -2.57. The molecule has 0 aromatic rings. The Labute approximate surface area is 98.3 Å². The highest BCUT2D eigenvalue weighted by Gasteiger charge is 2.47. The topological polar surface area (TPSA) is 88.1 Å². The van der Waals surface area contributed by atoms with Gasteiger partial charge in [0.25, 0.3) is 5.91 Å². The van der Waals surface area contributed by atoms with Crippen LogP contribution in [-0.2, 0) is 14.3 Å². The van der Waals surface area contributed by atoms with E-state index in [1.54, 1.807) is 0 Å². The van der Waals surface area contributed by atoms with Gasteiger partial charge in [0, 0.05) is 27.5 Å². The number of aliphatic carboxylic acids is 1. The molecule has 2 N–H and O–H groups in total. The minimum absolute atomic E-state index is 0.186. The molecular formula is C10H14N2O5. The van der Waals surface area contributed by atoms with E-state index in [0.29, 0.717) is 0 Å². The smallest absolute Gasteiger partial charge is 0.339 e. The summed E-state index contributed by atoms with van der Waals surface area (Å²) in [7, 11) is 3.94. The van der Waals surface area contributed by atoms with Crippen LogP contribution in [-0.4, -0.2) is 49.2 Å². The van der Waals surface area contributed by atoms with Crippen LogP contribution in [0.3, 0.4) is 0 Å². The summed E-state index contributed by atoms with van der Waals surface area (Å²) in [4.78, 5) is 23.8. The lowest BCUT2D eigenvalue weighted by molar-refractivity contribution is -0.242. The molecule has 0 unspecified atom stereocenters. The standard InChI is InChI=1S/C10H14N2O5/c1-11-9(15)12-6-4-5-7(8(13)14)10(12,16-2)17-3/h4-6H,1-3H3,(H,11,15)(H,13,14). The molecule has 0 bridgehead atoms. The summed E-state index contributed by atoms with van der Waals surface area (Å²) < 4.78 is 10.2. The van der Waals surface area contributed by atoms with E-state index in [0.717, 1.165) is 4.90 Å². The molecule has 0 aliphatic carbocycles. The van der Waals surface area contributed by atoms with Gasteiger partial charge in [0.2, 0.25) is 0 Å². The van der Waals surface area contributed by atoms with Gasteiger partial charge in [-0.3, -0.25) is 0 Å². The Hall–Kier alpha value is -1.86. The monoisotopic (exact) mass is 242 g/mol. The average molecular weight is 242 g/mol. The van der Waals surface area contributed by atoms with Gasteiger partial charge < -0.3 is 19.9 Å². The quantitative estimate of drug-likeness (QED) is 0.686. The number of hydrogen-bond donors (Lipinski definition) is 2. The van der Waals surface area contributed by atoms with Crippen LogP contribution in [0.4, 0.5) is 4.79 Å². The second-order valence-electron chi connectivity index (χ2n) is 3.14. The van der Waals surface area contributed by atoms with Crippen LogP contribution in [0.5, 0.6) is 0 Å². The predicted octanol–water partition coefficient (Wildman–Crippen LogP) is 0.113. The molecule has 1 aliphatic rings. The number of rotatable bonds is 3. The van der Waals surface area contributed by atoms with Crippen molar-refractivity contribution >= 4 is 12.0 Å². The zero-order valence-corrected chi connectivity index (χ0v) is 9.76. The van der Waals surface area contributed by atoms with Crippen LogP contribution >= 0.6 is 0 Å². The lowest BCUT2D eigenvalue weighted by atomic mass is 10.1. The molecule has 1 aliphatic heterocycles. The maximum atomic E-state index is 11.7. The fourth-order valence-electron chi connectivity index (χ4n) is 1.59. The minimum atomic E-state index is -1.76. The molecular weight excluding hydrogens is 228 g/mol. The molecule has 0 spiro atoms. The van der Waals surface area contributed by atoms with Crippen LogP contribution in [0.2, 0.25) is 0 Å². The van der Waals surface area contributed by atoms with Crippen molar-refractivity contribution in [2.24, 2.45) is 0 Å². The van der Waals surface area contributed by atoms with Gasteiger partial charge in [0.15, 0.2) is 0 Å². The Kier molecular flexibility index (Phi) is 3.87. The van der Waals surface area contributed by atoms with Gasteiger partial charge >= 0.3 is 12.0 Å². The first-order valence-corrected chi connectivity index (χ1v) is 4.77. The largest absolute Gasteiger partial charge is 0.478 e. The number of carboxylic acids is 1. The second kappa shape index (κ2) is 4.98. The van der Waals surface area contributed by atoms with Crippen molar-refractivity contribution in [1.82, 2.24) is 10.2 Å². The van der Waals surface area contributed by atoms with E-state index in [2.05, 4.69) is 5.32 Å². The third kappa shape index (κ3) is 2.02. The van der Waals surface area contributed by atoms with Crippen molar-refractivity contribution in [2.75, 3.05) is 21.3 Å². The van der Waals surface area contributed by atoms with Gasteiger partial charge in [-0.05, 0) is 12.2 Å². The Morgan fingerprint density at radius 1 is 1.41 bits per heavy atom. The van der Waals surface area contributed by atoms with Gasteiger partial charge in [-0.25, -0.2) is 14.5 Å². The fourth-order valence-corrected chi connectivity index (χ4v) is 1.59. The van der Waals surface area contributed by atoms with Gasteiger partial charge in [0.1, 0.15) is 5.57 Å². The Balaban J connectivity index is 3.27. The van der Waals surface area contributed by atoms with Crippen molar-refractivity contribution < 1.29 is 24.2 Å². The van der Waals surface area contributed by atoms with Crippen molar-refractivity contribution in [3.8, 4) is 0 Å². The van der Waals surface area contributed by atoms with Crippen molar-refractivity contribution in [2.45, 2.75) is 5.91 Å². The van der Waals surface area contributed by atoms with Crippen LogP contribution < -0.4 is 5.32 Å². The summed E-state index contributed by atoms with van der Waals surface area (Å²) in [5.74, 6) is -2.99. The van der Waals surface area contributed by atoms with Crippen molar-refractivity contribution in [1.29, 1.82) is 0 Å². The van der Waals surface area contributed by atoms with Crippen molar-refractivity contribution in [3.05, 3.63) is 23.9 Å². The van der Waals surface area contributed by atoms with Crippen molar-refractivity contribution in [3.63, 3.8) is 0 Å². The predicted molar refractivity (Wildman–Crippen MR) is 57.9 cm³/mol. The molecule has 0 saturated carbocycles. The van der Waals surface area contributed by atoms with E-state index >= 15 is 0 Å². The van der Waals surface area contributed by atoms with Gasteiger partial charge in [-0.1, -0.05) is 0 Å². The molecule has 17 heavy (non-hydrogen) atoms. The number of hydrogen-bond acceptors (Lipinski definition) is 4. The summed E-state index contributed by atoms with van der Waals surface area (Å²) >= 11 is 0. The minimum Gasteiger partial charge on any atom is -0.478 e. The number of allylic oxidation sites excluding steroid dienone is 2. The highest BCUT2D eigenvalue weighted by Crippen LogP contribution is 2.30. The Morgan fingerprint density at radius 3 is 2.41 bits per heavy atom. The number of methoxy groups -OCH3 is 2. The normalized spacial score (nSPS) is 17.6. The number of ether oxygens (including phenoxy) is 2. The number of urea groups is 1. The molecule has 1 rings (SSSR count). The first kappa shape index (κ1) is 13.2. The van der Waals surface area contributed by atoms with Gasteiger partial charge in [-0.2, -0.15) is 0 Å². The average Bonchev–Trinajstić information content (AvgIpc) is 2.36. The summed E-state index contributed by atoms with van der Waals surface area (Å²) in [6.07, 6.45) is 4.11. The highest BCUT2D eigenvalue weighted by molar-refractivity contribution is 5.91.